The maximum Gasteiger partial charge on any atom is 0.160 e. The molecule has 0 radical (unpaired) electrons. The zero-order valence-corrected chi connectivity index (χ0v) is 30.3. The molecular formula is C51H33N5. The molecule has 0 spiro atoms. The molecule has 5 nitrogen and oxygen atoms in total. The molecule has 0 aliphatic carbocycles. The molecule has 0 aliphatic heterocycles. The molecule has 4 heterocycles. The zero-order chi connectivity index (χ0) is 37.0. The summed E-state index contributed by atoms with van der Waals surface area (Å²) in [6.45, 7) is 0. The second kappa shape index (κ2) is 13.0. The molecule has 11 rings (SSSR count). The number of rotatable bonds is 6. The molecule has 56 heavy (non-hydrogen) atoms. The average Bonchev–Trinajstić information content (AvgIpc) is 3.80. The van der Waals surface area contributed by atoms with Crippen LogP contribution in [0.1, 0.15) is 0 Å². The van der Waals surface area contributed by atoms with Crippen molar-refractivity contribution in [2.45, 2.75) is 0 Å². The van der Waals surface area contributed by atoms with Crippen molar-refractivity contribution in [3.05, 3.63) is 200 Å². The Labute approximate surface area is 323 Å². The van der Waals surface area contributed by atoms with E-state index < -0.39 is 0 Å². The normalized spacial score (nSPS) is 11.6. The summed E-state index contributed by atoms with van der Waals surface area (Å²) in [6.07, 6.45) is 1.83. The number of benzene rings is 7. The smallest absolute Gasteiger partial charge is 0.160 e. The Morgan fingerprint density at radius 1 is 0.304 bits per heavy atom. The number of hydrogen-bond acceptors (Lipinski definition) is 3. The maximum absolute atomic E-state index is 5.33. The van der Waals surface area contributed by atoms with E-state index in [0.29, 0.717) is 5.82 Å². The van der Waals surface area contributed by atoms with Gasteiger partial charge in [0.25, 0.3) is 0 Å². The van der Waals surface area contributed by atoms with Crippen molar-refractivity contribution in [3.63, 3.8) is 0 Å². The Kier molecular flexibility index (Phi) is 7.42. The standard InChI is InChI=1S/C51H33N5/c1-2-15-34(16-3-1)51-53-45(36-18-14-17-35(29-36)44-23-12-13-28-52-44)33-46(54-51)37-30-38(55-47-24-8-4-19-40(47)41-20-5-9-25-48(41)55)32-39(31-37)56-49-26-10-6-21-42(49)43-22-7-11-27-50(43)56/h1-33H. The first-order valence-electron chi connectivity index (χ1n) is 18.9. The molecule has 0 saturated carbocycles. The van der Waals surface area contributed by atoms with E-state index in [1.165, 1.54) is 21.5 Å². The van der Waals surface area contributed by atoms with Gasteiger partial charge in [0.2, 0.25) is 0 Å². The molecule has 0 amide bonds. The van der Waals surface area contributed by atoms with Gasteiger partial charge >= 0.3 is 0 Å². The number of fused-ring (bicyclic) bond motifs is 6. The highest BCUT2D eigenvalue weighted by molar-refractivity contribution is 6.10. The lowest BCUT2D eigenvalue weighted by Crippen LogP contribution is -2.01. The zero-order valence-electron chi connectivity index (χ0n) is 30.3. The third-order valence-corrected chi connectivity index (χ3v) is 10.8. The summed E-state index contributed by atoms with van der Waals surface area (Å²) in [5, 5.41) is 4.87. The Morgan fingerprint density at radius 3 is 1.27 bits per heavy atom. The van der Waals surface area contributed by atoms with Crippen LogP contribution in [0.5, 0.6) is 0 Å². The van der Waals surface area contributed by atoms with Crippen LogP contribution in [0.25, 0.3) is 100 Å². The van der Waals surface area contributed by atoms with Gasteiger partial charge in [0.1, 0.15) is 0 Å². The molecule has 7 aromatic carbocycles. The first kappa shape index (κ1) is 31.9. The van der Waals surface area contributed by atoms with Crippen molar-refractivity contribution in [3.8, 4) is 56.5 Å². The molecule has 0 atom stereocenters. The highest BCUT2D eigenvalue weighted by Crippen LogP contribution is 2.38. The molecule has 0 bridgehead atoms. The third-order valence-electron chi connectivity index (χ3n) is 10.8. The highest BCUT2D eigenvalue weighted by atomic mass is 15.0. The van der Waals surface area contributed by atoms with Gasteiger partial charge in [-0.2, -0.15) is 0 Å². The van der Waals surface area contributed by atoms with Crippen molar-refractivity contribution in [1.29, 1.82) is 0 Å². The lowest BCUT2D eigenvalue weighted by atomic mass is 10.0. The summed E-state index contributed by atoms with van der Waals surface area (Å²) >= 11 is 0. The van der Waals surface area contributed by atoms with E-state index in [1.54, 1.807) is 0 Å². The van der Waals surface area contributed by atoms with E-state index in [4.69, 9.17) is 9.97 Å². The van der Waals surface area contributed by atoms with E-state index in [9.17, 15) is 0 Å². The van der Waals surface area contributed by atoms with Gasteiger partial charge < -0.3 is 9.13 Å². The van der Waals surface area contributed by atoms with E-state index in [2.05, 4.69) is 172 Å². The van der Waals surface area contributed by atoms with Crippen LogP contribution in [-0.4, -0.2) is 24.1 Å². The van der Waals surface area contributed by atoms with Crippen LogP contribution in [0, 0.1) is 0 Å². The van der Waals surface area contributed by atoms with Crippen LogP contribution >= 0.6 is 0 Å². The first-order chi connectivity index (χ1) is 27.8. The molecule has 0 saturated heterocycles. The number of aromatic nitrogens is 5. The Morgan fingerprint density at radius 2 is 0.750 bits per heavy atom. The van der Waals surface area contributed by atoms with Gasteiger partial charge in [-0.1, -0.05) is 127 Å². The van der Waals surface area contributed by atoms with Gasteiger partial charge in [0, 0.05) is 61.4 Å². The van der Waals surface area contributed by atoms with E-state index in [1.807, 2.05) is 42.6 Å². The van der Waals surface area contributed by atoms with Crippen molar-refractivity contribution in [2.75, 3.05) is 0 Å². The Balaban J connectivity index is 1.21. The minimum Gasteiger partial charge on any atom is -0.309 e. The molecule has 4 aromatic heterocycles. The van der Waals surface area contributed by atoms with Crippen LogP contribution in [0.15, 0.2) is 200 Å². The van der Waals surface area contributed by atoms with Crippen LogP contribution in [0.2, 0.25) is 0 Å². The van der Waals surface area contributed by atoms with Gasteiger partial charge in [-0.25, -0.2) is 9.97 Å². The topological polar surface area (TPSA) is 48.5 Å². The fourth-order valence-electron chi connectivity index (χ4n) is 8.23. The molecule has 262 valence electrons. The minimum absolute atomic E-state index is 0.669. The quantitative estimate of drug-likeness (QED) is 0.172. The van der Waals surface area contributed by atoms with Crippen molar-refractivity contribution < 1.29 is 0 Å². The van der Waals surface area contributed by atoms with Gasteiger partial charge in [0.15, 0.2) is 5.82 Å². The Hall–Kier alpha value is -7.63. The Bertz CT molecular complexity index is 3010. The van der Waals surface area contributed by atoms with Gasteiger partial charge in [-0.05, 0) is 66.7 Å². The average molecular weight is 716 g/mol. The highest BCUT2D eigenvalue weighted by Gasteiger charge is 2.19. The predicted octanol–water partition coefficient (Wildman–Crippen LogP) is 12.7. The minimum atomic E-state index is 0.669. The van der Waals surface area contributed by atoms with Gasteiger partial charge in [0.05, 0.1) is 39.1 Å². The van der Waals surface area contributed by atoms with Crippen molar-refractivity contribution in [1.82, 2.24) is 24.1 Å². The summed E-state index contributed by atoms with van der Waals surface area (Å²) in [7, 11) is 0. The number of pyridine rings is 1. The van der Waals surface area contributed by atoms with Gasteiger partial charge in [-0.3, -0.25) is 4.98 Å². The number of nitrogens with zero attached hydrogens (tertiary/aromatic N) is 5. The van der Waals surface area contributed by atoms with E-state index in [-0.39, 0.29) is 0 Å². The molecule has 0 fully saturated rings. The van der Waals surface area contributed by atoms with Gasteiger partial charge in [-0.15, -0.1) is 0 Å². The monoisotopic (exact) mass is 715 g/mol. The number of para-hydroxylation sites is 4. The summed E-state index contributed by atoms with van der Waals surface area (Å²) < 4.78 is 4.78. The van der Waals surface area contributed by atoms with Crippen LogP contribution in [0.4, 0.5) is 0 Å². The molecular weight excluding hydrogens is 683 g/mol. The second-order valence-electron chi connectivity index (χ2n) is 14.1. The van der Waals surface area contributed by atoms with E-state index >= 15 is 0 Å². The number of hydrogen-bond donors (Lipinski definition) is 0. The largest absolute Gasteiger partial charge is 0.309 e. The summed E-state index contributed by atoms with van der Waals surface area (Å²) in [5.41, 5.74) is 13.3. The van der Waals surface area contributed by atoms with Crippen LogP contribution in [-0.2, 0) is 0 Å². The van der Waals surface area contributed by atoms with Crippen molar-refractivity contribution >= 4 is 43.6 Å². The van der Waals surface area contributed by atoms with Crippen LogP contribution < -0.4 is 0 Å². The third kappa shape index (κ3) is 5.29. The lowest BCUT2D eigenvalue weighted by Gasteiger charge is -2.16. The second-order valence-corrected chi connectivity index (χ2v) is 14.1. The molecule has 0 aliphatic rings. The molecule has 5 heteroatoms. The summed E-state index contributed by atoms with van der Waals surface area (Å²) in [4.78, 5) is 15.2. The maximum atomic E-state index is 5.33. The first-order valence-corrected chi connectivity index (χ1v) is 18.9. The summed E-state index contributed by atoms with van der Waals surface area (Å²) in [5.74, 6) is 0.669. The molecule has 0 unspecified atom stereocenters. The van der Waals surface area contributed by atoms with E-state index in [0.717, 1.165) is 72.8 Å². The van der Waals surface area contributed by atoms with Crippen molar-refractivity contribution in [2.24, 2.45) is 0 Å². The fraction of sp³-hybridized carbons (Fsp3) is 0. The molecule has 0 N–H and O–H groups in total. The fourth-order valence-corrected chi connectivity index (χ4v) is 8.23. The van der Waals surface area contributed by atoms with Crippen LogP contribution in [0.3, 0.4) is 0 Å². The summed E-state index contributed by atoms with van der Waals surface area (Å²) in [6, 6.07) is 68.4. The molecule has 11 aromatic rings. The predicted molar refractivity (Wildman–Crippen MR) is 230 cm³/mol. The lowest BCUT2D eigenvalue weighted by molar-refractivity contribution is 1.13. The SMILES string of the molecule is c1ccc(-c2nc(-c3cccc(-c4ccccn4)c3)cc(-c3cc(-n4c5ccccc5c5ccccc54)cc(-n4c5ccccc5c5ccccc54)c3)n2)cc1.